The number of carbonyl (C=O) groups is 2. The zero-order valence-electron chi connectivity index (χ0n) is 15.6. The minimum atomic E-state index is -0.512. The molecule has 0 unspecified atom stereocenters. The van der Waals surface area contributed by atoms with E-state index in [1.54, 1.807) is 35.0 Å². The van der Waals surface area contributed by atoms with Crippen LogP contribution in [-0.2, 0) is 6.54 Å². The summed E-state index contributed by atoms with van der Waals surface area (Å²) in [6, 6.07) is 10.6. The van der Waals surface area contributed by atoms with Gasteiger partial charge >= 0.3 is 6.03 Å². The van der Waals surface area contributed by atoms with Crippen LogP contribution in [-0.4, -0.2) is 39.5 Å². The van der Waals surface area contributed by atoms with Crippen molar-refractivity contribution in [3.05, 3.63) is 53.8 Å². The maximum atomic E-state index is 13.5. The smallest absolute Gasteiger partial charge is 0.319 e. The number of benzene rings is 2. The summed E-state index contributed by atoms with van der Waals surface area (Å²) < 4.78 is 15.2. The molecule has 0 aliphatic heterocycles. The molecule has 0 atom stereocenters. The second kappa shape index (κ2) is 8.47. The molecular weight excluding hydrogens is 363 g/mol. The first-order chi connectivity index (χ1) is 13.4. The van der Waals surface area contributed by atoms with Crippen LogP contribution < -0.4 is 16.0 Å². The molecule has 0 fully saturated rings. The Morgan fingerprint density at radius 2 is 1.96 bits per heavy atom. The highest BCUT2D eigenvalue weighted by Gasteiger charge is 2.11. The summed E-state index contributed by atoms with van der Waals surface area (Å²) in [7, 11) is 0. The fraction of sp³-hybridized carbons (Fsp3) is 0.263. The molecule has 9 heteroatoms. The quantitative estimate of drug-likeness (QED) is 0.608. The Labute approximate surface area is 161 Å². The average Bonchev–Trinajstić information content (AvgIpc) is 3.05. The van der Waals surface area contributed by atoms with Crippen molar-refractivity contribution in [1.82, 2.24) is 25.6 Å². The van der Waals surface area contributed by atoms with Crippen molar-refractivity contribution in [2.24, 2.45) is 0 Å². The Bertz CT molecular complexity index is 1000. The van der Waals surface area contributed by atoms with E-state index in [2.05, 4.69) is 26.3 Å². The van der Waals surface area contributed by atoms with Crippen LogP contribution in [0.2, 0.25) is 0 Å². The molecule has 1 heterocycles. The van der Waals surface area contributed by atoms with E-state index >= 15 is 0 Å². The number of hydrogen-bond donors (Lipinski definition) is 3. The van der Waals surface area contributed by atoms with Crippen LogP contribution in [0.5, 0.6) is 0 Å². The monoisotopic (exact) mass is 384 g/mol. The number of amides is 3. The molecular formula is C19H21FN6O2. The Morgan fingerprint density at radius 3 is 2.71 bits per heavy atom. The lowest BCUT2D eigenvalue weighted by Gasteiger charge is -2.09. The van der Waals surface area contributed by atoms with E-state index in [0.29, 0.717) is 17.6 Å². The molecule has 0 bridgehead atoms. The van der Waals surface area contributed by atoms with Crippen molar-refractivity contribution in [2.75, 3.05) is 11.9 Å². The van der Waals surface area contributed by atoms with Gasteiger partial charge in [0.05, 0.1) is 17.7 Å². The lowest BCUT2D eigenvalue weighted by atomic mass is 10.2. The largest absolute Gasteiger partial charge is 0.350 e. The molecule has 0 aliphatic carbocycles. The number of nitrogens with zero attached hydrogens (tertiary/aromatic N) is 3. The number of urea groups is 1. The van der Waals surface area contributed by atoms with E-state index in [1.807, 2.05) is 13.8 Å². The number of fused-ring (bicyclic) bond motifs is 1. The first-order valence-corrected chi connectivity index (χ1v) is 8.87. The number of nitrogens with one attached hydrogen (secondary N) is 3. The van der Waals surface area contributed by atoms with Gasteiger partial charge in [0.25, 0.3) is 5.91 Å². The summed E-state index contributed by atoms with van der Waals surface area (Å²) in [4.78, 5) is 24.0. The minimum Gasteiger partial charge on any atom is -0.350 e. The molecule has 3 N–H and O–H groups in total. The molecule has 3 amide bonds. The topological polar surface area (TPSA) is 101 Å². The van der Waals surface area contributed by atoms with Gasteiger partial charge in [-0.3, -0.25) is 4.79 Å². The Morgan fingerprint density at radius 1 is 1.18 bits per heavy atom. The third-order valence-corrected chi connectivity index (χ3v) is 3.93. The van der Waals surface area contributed by atoms with E-state index < -0.39 is 11.8 Å². The highest BCUT2D eigenvalue weighted by Crippen LogP contribution is 2.14. The van der Waals surface area contributed by atoms with Gasteiger partial charge in [0, 0.05) is 18.2 Å². The Kier molecular flexibility index (Phi) is 5.83. The summed E-state index contributed by atoms with van der Waals surface area (Å²) in [6.07, 6.45) is 0. The standard InChI is InChI=1S/C19H21FN6O2/c1-12(2)22-18(27)13-7-8-17-16(11-13)24-25-26(17)10-9-21-19(28)23-15-6-4-3-5-14(15)20/h3-8,11-12H,9-10H2,1-2H3,(H,22,27)(H2,21,23,28). The molecule has 0 aliphatic rings. The summed E-state index contributed by atoms with van der Waals surface area (Å²) in [5, 5.41) is 16.0. The third-order valence-electron chi connectivity index (χ3n) is 3.93. The van der Waals surface area contributed by atoms with Crippen LogP contribution in [0, 0.1) is 5.82 Å². The molecule has 0 saturated carbocycles. The number of halogens is 1. The average molecular weight is 384 g/mol. The van der Waals surface area contributed by atoms with E-state index in [1.165, 1.54) is 12.1 Å². The predicted molar refractivity (Wildman–Crippen MR) is 104 cm³/mol. The summed E-state index contributed by atoms with van der Waals surface area (Å²) in [6.45, 7) is 4.43. The minimum absolute atomic E-state index is 0.0421. The predicted octanol–water partition coefficient (Wildman–Crippen LogP) is 2.53. The molecule has 146 valence electrons. The lowest BCUT2D eigenvalue weighted by Crippen LogP contribution is -2.32. The zero-order chi connectivity index (χ0) is 20.1. The van der Waals surface area contributed by atoms with Crippen LogP contribution in [0.25, 0.3) is 11.0 Å². The second-order valence-corrected chi connectivity index (χ2v) is 6.50. The fourth-order valence-corrected chi connectivity index (χ4v) is 2.63. The van der Waals surface area contributed by atoms with Crippen LogP contribution in [0.4, 0.5) is 14.9 Å². The molecule has 3 aromatic rings. The molecule has 8 nitrogen and oxygen atoms in total. The van der Waals surface area contributed by atoms with Gasteiger partial charge < -0.3 is 16.0 Å². The first-order valence-electron chi connectivity index (χ1n) is 8.87. The normalized spacial score (nSPS) is 10.9. The van der Waals surface area contributed by atoms with Gasteiger partial charge in [-0.25, -0.2) is 13.9 Å². The molecule has 28 heavy (non-hydrogen) atoms. The molecule has 3 rings (SSSR count). The summed E-state index contributed by atoms with van der Waals surface area (Å²) in [5.74, 6) is -0.671. The highest BCUT2D eigenvalue weighted by atomic mass is 19.1. The number of carbonyl (C=O) groups excluding carboxylic acids is 2. The van der Waals surface area contributed by atoms with E-state index in [4.69, 9.17) is 0 Å². The molecule has 2 aromatic carbocycles. The van der Waals surface area contributed by atoms with E-state index in [0.717, 1.165) is 5.52 Å². The van der Waals surface area contributed by atoms with Crippen molar-refractivity contribution in [1.29, 1.82) is 0 Å². The van der Waals surface area contributed by atoms with Crippen LogP contribution in [0.3, 0.4) is 0 Å². The molecule has 0 radical (unpaired) electrons. The number of aromatic nitrogens is 3. The van der Waals surface area contributed by atoms with Crippen molar-refractivity contribution in [3.8, 4) is 0 Å². The Hall–Kier alpha value is -3.49. The number of rotatable bonds is 6. The van der Waals surface area contributed by atoms with Crippen LogP contribution in [0.1, 0.15) is 24.2 Å². The van der Waals surface area contributed by atoms with Gasteiger partial charge in [-0.05, 0) is 44.2 Å². The van der Waals surface area contributed by atoms with Crippen LogP contribution in [0.15, 0.2) is 42.5 Å². The van der Waals surface area contributed by atoms with E-state index in [9.17, 15) is 14.0 Å². The SMILES string of the molecule is CC(C)NC(=O)c1ccc2c(c1)nnn2CCNC(=O)Nc1ccccc1F. The van der Waals surface area contributed by atoms with Crippen molar-refractivity contribution in [2.45, 2.75) is 26.4 Å². The van der Waals surface area contributed by atoms with Gasteiger partial charge in [0.2, 0.25) is 0 Å². The maximum absolute atomic E-state index is 13.5. The van der Waals surface area contributed by atoms with Gasteiger partial charge in [-0.15, -0.1) is 5.10 Å². The van der Waals surface area contributed by atoms with Gasteiger partial charge in [-0.1, -0.05) is 17.3 Å². The van der Waals surface area contributed by atoms with Gasteiger partial charge in [0.15, 0.2) is 0 Å². The number of hydrogen-bond acceptors (Lipinski definition) is 4. The first kappa shape index (κ1) is 19.3. The molecule has 0 saturated heterocycles. The Balaban J connectivity index is 1.58. The summed E-state index contributed by atoms with van der Waals surface area (Å²) in [5.41, 5.74) is 1.96. The highest BCUT2D eigenvalue weighted by molar-refractivity contribution is 5.97. The van der Waals surface area contributed by atoms with E-state index in [-0.39, 0.29) is 24.2 Å². The summed E-state index contributed by atoms with van der Waals surface area (Å²) >= 11 is 0. The number of anilines is 1. The zero-order valence-corrected chi connectivity index (χ0v) is 15.6. The van der Waals surface area contributed by atoms with Crippen molar-refractivity contribution >= 4 is 28.7 Å². The van der Waals surface area contributed by atoms with Crippen molar-refractivity contribution < 1.29 is 14.0 Å². The molecule has 0 spiro atoms. The van der Waals surface area contributed by atoms with Gasteiger partial charge in [-0.2, -0.15) is 0 Å². The lowest BCUT2D eigenvalue weighted by molar-refractivity contribution is 0.0943. The molecule has 1 aromatic heterocycles. The maximum Gasteiger partial charge on any atom is 0.319 e. The fourth-order valence-electron chi connectivity index (χ4n) is 2.63. The van der Waals surface area contributed by atoms with Crippen LogP contribution >= 0.6 is 0 Å². The third kappa shape index (κ3) is 4.61. The van der Waals surface area contributed by atoms with Crippen molar-refractivity contribution in [3.63, 3.8) is 0 Å². The number of para-hydroxylation sites is 1. The second-order valence-electron chi connectivity index (χ2n) is 6.50. The van der Waals surface area contributed by atoms with Gasteiger partial charge in [0.1, 0.15) is 11.3 Å².